The van der Waals surface area contributed by atoms with Crippen molar-refractivity contribution < 1.29 is 12.8 Å². The van der Waals surface area contributed by atoms with E-state index in [2.05, 4.69) is 4.72 Å². The molecule has 0 spiro atoms. The Morgan fingerprint density at radius 2 is 2.00 bits per heavy atom. The molecule has 1 aromatic rings. The van der Waals surface area contributed by atoms with Crippen LogP contribution in [0.2, 0.25) is 0 Å². The van der Waals surface area contributed by atoms with Crippen molar-refractivity contribution >= 4 is 33.0 Å². The summed E-state index contributed by atoms with van der Waals surface area (Å²) in [6.07, 6.45) is 2.11. The van der Waals surface area contributed by atoms with Crippen molar-refractivity contribution in [3.05, 3.63) is 24.0 Å². The van der Waals surface area contributed by atoms with Gasteiger partial charge in [-0.2, -0.15) is 0 Å². The maximum Gasteiger partial charge on any atom is 0.246 e. The zero-order chi connectivity index (χ0) is 13.2. The normalized spacial score (nSPS) is 16.0. The van der Waals surface area contributed by atoms with E-state index in [-0.39, 0.29) is 5.69 Å². The molecule has 1 N–H and O–H groups in total. The number of alkyl halides is 1. The fourth-order valence-electron chi connectivity index (χ4n) is 1.99. The van der Waals surface area contributed by atoms with E-state index < -0.39 is 21.1 Å². The number of anilines is 2. The first-order chi connectivity index (χ1) is 8.52. The van der Waals surface area contributed by atoms with E-state index >= 15 is 0 Å². The van der Waals surface area contributed by atoms with Crippen LogP contribution in [0, 0.1) is 5.82 Å². The van der Waals surface area contributed by atoms with Crippen molar-refractivity contribution in [2.45, 2.75) is 12.8 Å². The zero-order valence-electron chi connectivity index (χ0n) is 9.70. The highest BCUT2D eigenvalue weighted by Gasteiger charge is 2.17. The second kappa shape index (κ2) is 5.32. The van der Waals surface area contributed by atoms with Gasteiger partial charge in [0.2, 0.25) is 10.0 Å². The predicted octanol–water partition coefficient (Wildman–Crippen LogP) is 2.36. The van der Waals surface area contributed by atoms with Crippen LogP contribution in [0.1, 0.15) is 12.8 Å². The minimum atomic E-state index is -3.59. The Morgan fingerprint density at radius 3 is 2.56 bits per heavy atom. The van der Waals surface area contributed by atoms with Gasteiger partial charge in [0.1, 0.15) is 11.0 Å². The molecule has 18 heavy (non-hydrogen) atoms. The van der Waals surface area contributed by atoms with E-state index in [4.69, 9.17) is 11.6 Å². The molecule has 1 aliphatic rings. The lowest BCUT2D eigenvalue weighted by atomic mass is 10.2. The van der Waals surface area contributed by atoms with Gasteiger partial charge in [-0.25, -0.2) is 12.8 Å². The third-order valence-corrected chi connectivity index (χ3v) is 4.51. The van der Waals surface area contributed by atoms with Gasteiger partial charge < -0.3 is 4.90 Å². The second-order valence-corrected chi connectivity index (χ2v) is 6.49. The Morgan fingerprint density at radius 1 is 1.33 bits per heavy atom. The van der Waals surface area contributed by atoms with Crippen LogP contribution in [0.4, 0.5) is 15.8 Å². The highest BCUT2D eigenvalue weighted by Crippen LogP contribution is 2.26. The standard InChI is InChI=1S/C11H14ClFN2O2S/c12-8-18(16,17)14-9-3-4-11(10(13)7-9)15-5-1-2-6-15/h3-4,7,14H,1-2,5-6,8H2. The highest BCUT2D eigenvalue weighted by atomic mass is 35.5. The van der Waals surface area contributed by atoms with Crippen LogP contribution in [-0.4, -0.2) is 26.7 Å². The first kappa shape index (κ1) is 13.4. The van der Waals surface area contributed by atoms with Crippen LogP contribution >= 0.6 is 11.6 Å². The van der Waals surface area contributed by atoms with Crippen molar-refractivity contribution in [3.8, 4) is 0 Å². The molecule has 100 valence electrons. The number of hydrogen-bond donors (Lipinski definition) is 1. The number of sulfonamides is 1. The Kier molecular flexibility index (Phi) is 3.97. The molecule has 0 bridgehead atoms. The third kappa shape index (κ3) is 3.05. The van der Waals surface area contributed by atoms with E-state index in [1.165, 1.54) is 6.07 Å². The van der Waals surface area contributed by atoms with Crippen molar-refractivity contribution in [1.82, 2.24) is 0 Å². The Balaban J connectivity index is 2.19. The summed E-state index contributed by atoms with van der Waals surface area (Å²) in [4.78, 5) is 1.95. The van der Waals surface area contributed by atoms with Crippen LogP contribution in [0.5, 0.6) is 0 Å². The topological polar surface area (TPSA) is 49.4 Å². The van der Waals surface area contributed by atoms with Gasteiger partial charge in [-0.15, -0.1) is 11.6 Å². The van der Waals surface area contributed by atoms with Crippen molar-refractivity contribution in [1.29, 1.82) is 0 Å². The molecule has 1 saturated heterocycles. The summed E-state index contributed by atoms with van der Waals surface area (Å²) in [6, 6.07) is 4.31. The average Bonchev–Trinajstić information content (AvgIpc) is 2.82. The molecule has 0 radical (unpaired) electrons. The number of benzene rings is 1. The minimum Gasteiger partial charge on any atom is -0.369 e. The first-order valence-electron chi connectivity index (χ1n) is 5.63. The quantitative estimate of drug-likeness (QED) is 0.867. The zero-order valence-corrected chi connectivity index (χ0v) is 11.3. The number of nitrogens with one attached hydrogen (secondary N) is 1. The molecule has 0 saturated carbocycles. The summed E-state index contributed by atoms with van der Waals surface area (Å²) in [5, 5.41) is -0.553. The highest BCUT2D eigenvalue weighted by molar-refractivity contribution is 7.93. The minimum absolute atomic E-state index is 0.191. The van der Waals surface area contributed by atoms with E-state index in [0.29, 0.717) is 5.69 Å². The van der Waals surface area contributed by atoms with Gasteiger partial charge in [-0.1, -0.05) is 0 Å². The first-order valence-corrected chi connectivity index (χ1v) is 7.81. The number of nitrogens with zero attached hydrogens (tertiary/aromatic N) is 1. The Hall–Kier alpha value is -1.01. The van der Waals surface area contributed by atoms with E-state index in [0.717, 1.165) is 25.9 Å². The number of hydrogen-bond acceptors (Lipinski definition) is 3. The monoisotopic (exact) mass is 292 g/mol. The maximum absolute atomic E-state index is 13.9. The van der Waals surface area contributed by atoms with Crippen molar-refractivity contribution in [2.24, 2.45) is 0 Å². The lowest BCUT2D eigenvalue weighted by molar-refractivity contribution is 0.605. The van der Waals surface area contributed by atoms with Crippen LogP contribution in [0.25, 0.3) is 0 Å². The van der Waals surface area contributed by atoms with Crippen molar-refractivity contribution in [3.63, 3.8) is 0 Å². The summed E-state index contributed by atoms with van der Waals surface area (Å²) in [5.41, 5.74) is 0.706. The summed E-state index contributed by atoms with van der Waals surface area (Å²) < 4.78 is 38.6. The summed E-state index contributed by atoms with van der Waals surface area (Å²) in [5.74, 6) is -0.424. The lowest BCUT2D eigenvalue weighted by Crippen LogP contribution is -2.19. The molecule has 0 unspecified atom stereocenters. The second-order valence-electron chi connectivity index (χ2n) is 4.19. The third-order valence-electron chi connectivity index (χ3n) is 2.81. The van der Waals surface area contributed by atoms with Gasteiger partial charge in [0, 0.05) is 19.2 Å². The molecule has 0 aliphatic carbocycles. The SMILES string of the molecule is O=S(=O)(CCl)Nc1ccc(N2CCCC2)c(F)c1. The smallest absolute Gasteiger partial charge is 0.246 e. The molecule has 4 nitrogen and oxygen atoms in total. The molecule has 1 heterocycles. The molecular weight excluding hydrogens is 279 g/mol. The van der Waals surface area contributed by atoms with Gasteiger partial charge >= 0.3 is 0 Å². The van der Waals surface area contributed by atoms with E-state index in [9.17, 15) is 12.8 Å². The van der Waals surface area contributed by atoms with E-state index in [1.54, 1.807) is 12.1 Å². The summed E-state index contributed by atoms with van der Waals surface area (Å²) in [7, 11) is -3.59. The molecule has 2 rings (SSSR count). The largest absolute Gasteiger partial charge is 0.369 e. The fraction of sp³-hybridized carbons (Fsp3) is 0.455. The van der Waals surface area contributed by atoms with Crippen molar-refractivity contribution in [2.75, 3.05) is 27.9 Å². The molecule has 1 aliphatic heterocycles. The molecule has 7 heteroatoms. The molecule has 1 fully saturated rings. The molecule has 0 atom stereocenters. The lowest BCUT2D eigenvalue weighted by Gasteiger charge is -2.18. The van der Waals surface area contributed by atoms with Gasteiger partial charge in [0.05, 0.1) is 11.4 Å². The number of halogens is 2. The van der Waals surface area contributed by atoms with Crippen LogP contribution < -0.4 is 9.62 Å². The molecule has 0 aromatic heterocycles. The van der Waals surface area contributed by atoms with Crippen LogP contribution in [-0.2, 0) is 10.0 Å². The van der Waals surface area contributed by atoms with Gasteiger partial charge in [-0.05, 0) is 25.0 Å². The number of rotatable bonds is 4. The average molecular weight is 293 g/mol. The Labute approximate surface area is 111 Å². The molecule has 1 aromatic carbocycles. The summed E-state index contributed by atoms with van der Waals surface area (Å²) >= 11 is 5.27. The van der Waals surface area contributed by atoms with Gasteiger partial charge in [0.25, 0.3) is 0 Å². The summed E-state index contributed by atoms with van der Waals surface area (Å²) in [6.45, 7) is 1.67. The predicted molar refractivity (Wildman–Crippen MR) is 71.1 cm³/mol. The Bertz CT molecular complexity index is 530. The molecular formula is C11H14ClFN2O2S. The maximum atomic E-state index is 13.9. The van der Waals surface area contributed by atoms with Crippen LogP contribution in [0.3, 0.4) is 0 Å². The van der Waals surface area contributed by atoms with E-state index in [1.807, 2.05) is 4.90 Å². The molecule has 0 amide bonds. The van der Waals surface area contributed by atoms with Gasteiger partial charge in [-0.3, -0.25) is 4.72 Å². The van der Waals surface area contributed by atoms with Gasteiger partial charge in [0.15, 0.2) is 0 Å². The fourth-order valence-corrected chi connectivity index (χ4v) is 2.70. The van der Waals surface area contributed by atoms with Crippen LogP contribution in [0.15, 0.2) is 18.2 Å².